The van der Waals surface area contributed by atoms with Crippen LogP contribution in [0.1, 0.15) is 25.8 Å². The van der Waals surface area contributed by atoms with Crippen molar-refractivity contribution in [3.63, 3.8) is 0 Å². The fourth-order valence-electron chi connectivity index (χ4n) is 2.18. The van der Waals surface area contributed by atoms with Gasteiger partial charge in [-0.25, -0.2) is 0 Å². The summed E-state index contributed by atoms with van der Waals surface area (Å²) in [7, 11) is 2.17. The van der Waals surface area contributed by atoms with Crippen LogP contribution in [0.3, 0.4) is 0 Å². The van der Waals surface area contributed by atoms with Crippen molar-refractivity contribution in [1.29, 1.82) is 0 Å². The Balaban J connectivity index is 2.33. The number of nitrogens with one attached hydrogen (secondary N) is 1. The number of anilines is 2. The second kappa shape index (κ2) is 4.13. The number of rotatable bonds is 2. The monoisotopic (exact) mass is 204 g/mol. The van der Waals surface area contributed by atoms with E-state index in [1.54, 1.807) is 0 Å². The van der Waals surface area contributed by atoms with Gasteiger partial charge < -0.3 is 10.2 Å². The summed E-state index contributed by atoms with van der Waals surface area (Å²) >= 11 is 0. The number of aryl methyl sites for hydroxylation is 1. The molecule has 0 radical (unpaired) electrons. The van der Waals surface area contributed by atoms with Gasteiger partial charge in [-0.3, -0.25) is 0 Å². The predicted molar refractivity (Wildman–Crippen MR) is 66.8 cm³/mol. The van der Waals surface area contributed by atoms with E-state index in [-0.39, 0.29) is 0 Å². The van der Waals surface area contributed by atoms with Crippen molar-refractivity contribution >= 4 is 11.4 Å². The summed E-state index contributed by atoms with van der Waals surface area (Å²) < 4.78 is 0. The first-order valence-electron chi connectivity index (χ1n) is 5.85. The molecular formula is C13H20N2. The number of nitrogens with zero attached hydrogens (tertiary/aromatic N) is 1. The molecule has 0 aliphatic carbocycles. The zero-order chi connectivity index (χ0) is 10.8. The van der Waals surface area contributed by atoms with Crippen molar-refractivity contribution in [3.8, 4) is 0 Å². The Labute approximate surface area is 92.3 Å². The molecule has 1 aromatic rings. The lowest BCUT2D eigenvalue weighted by molar-refractivity contribution is 0.662. The van der Waals surface area contributed by atoms with Crippen LogP contribution in [0, 0.1) is 0 Å². The van der Waals surface area contributed by atoms with E-state index in [0.717, 1.165) is 13.0 Å². The smallest absolute Gasteiger partial charge is 0.0600 e. The highest BCUT2D eigenvalue weighted by Gasteiger charge is 2.19. The quantitative estimate of drug-likeness (QED) is 0.797. The van der Waals surface area contributed by atoms with Gasteiger partial charge in [0.1, 0.15) is 0 Å². The van der Waals surface area contributed by atoms with Crippen molar-refractivity contribution in [2.75, 3.05) is 23.8 Å². The van der Waals surface area contributed by atoms with Gasteiger partial charge >= 0.3 is 0 Å². The highest BCUT2D eigenvalue weighted by molar-refractivity contribution is 5.73. The van der Waals surface area contributed by atoms with E-state index in [1.165, 1.54) is 23.4 Å². The maximum Gasteiger partial charge on any atom is 0.0600 e. The van der Waals surface area contributed by atoms with Crippen LogP contribution in [0.5, 0.6) is 0 Å². The molecule has 0 spiro atoms. The van der Waals surface area contributed by atoms with E-state index in [4.69, 9.17) is 0 Å². The van der Waals surface area contributed by atoms with Gasteiger partial charge in [0.2, 0.25) is 0 Å². The average molecular weight is 204 g/mol. The maximum absolute atomic E-state index is 3.61. The lowest BCUT2D eigenvalue weighted by atomic mass is 10.1. The average Bonchev–Trinajstić information content (AvgIpc) is 2.28. The third-order valence-electron chi connectivity index (χ3n) is 3.23. The molecule has 2 rings (SSSR count). The van der Waals surface area contributed by atoms with E-state index >= 15 is 0 Å². The highest BCUT2D eigenvalue weighted by atomic mass is 15.2. The minimum atomic E-state index is 0.592. The second-order valence-corrected chi connectivity index (χ2v) is 4.34. The molecule has 0 saturated heterocycles. The minimum Gasteiger partial charge on any atom is -0.379 e. The highest BCUT2D eigenvalue weighted by Crippen LogP contribution is 2.31. The Morgan fingerprint density at radius 2 is 2.20 bits per heavy atom. The summed E-state index contributed by atoms with van der Waals surface area (Å²) in [6.07, 6.45) is 2.29. The van der Waals surface area contributed by atoms with E-state index in [1.807, 2.05) is 0 Å². The SMILES string of the molecule is CCc1ccc2c(c1)NC(CC)CN2C. The Morgan fingerprint density at radius 1 is 1.40 bits per heavy atom. The molecule has 1 heterocycles. The van der Waals surface area contributed by atoms with Crippen molar-refractivity contribution in [1.82, 2.24) is 0 Å². The van der Waals surface area contributed by atoms with Crippen LogP contribution in [0.2, 0.25) is 0 Å². The van der Waals surface area contributed by atoms with E-state index < -0.39 is 0 Å². The summed E-state index contributed by atoms with van der Waals surface area (Å²) in [5.41, 5.74) is 4.04. The van der Waals surface area contributed by atoms with Gasteiger partial charge in [0.25, 0.3) is 0 Å². The van der Waals surface area contributed by atoms with Crippen molar-refractivity contribution in [2.45, 2.75) is 32.7 Å². The van der Waals surface area contributed by atoms with Crippen molar-refractivity contribution in [2.24, 2.45) is 0 Å². The predicted octanol–water partition coefficient (Wildman–Crippen LogP) is 2.89. The molecule has 2 heteroatoms. The maximum atomic E-state index is 3.61. The molecule has 1 N–H and O–H groups in total. The zero-order valence-electron chi connectivity index (χ0n) is 9.88. The van der Waals surface area contributed by atoms with E-state index in [9.17, 15) is 0 Å². The summed E-state index contributed by atoms with van der Waals surface area (Å²) in [5.74, 6) is 0. The first-order chi connectivity index (χ1) is 7.24. The van der Waals surface area contributed by atoms with E-state index in [2.05, 4.69) is 49.3 Å². The Morgan fingerprint density at radius 3 is 2.87 bits per heavy atom. The number of likely N-dealkylation sites (N-methyl/N-ethyl adjacent to an activating group) is 1. The number of hydrogen-bond donors (Lipinski definition) is 1. The van der Waals surface area contributed by atoms with Gasteiger partial charge in [0.05, 0.1) is 11.4 Å². The second-order valence-electron chi connectivity index (χ2n) is 4.34. The fraction of sp³-hybridized carbons (Fsp3) is 0.538. The Bertz CT molecular complexity index is 346. The molecule has 1 aliphatic heterocycles. The molecule has 0 bridgehead atoms. The van der Waals surface area contributed by atoms with Crippen molar-refractivity contribution in [3.05, 3.63) is 23.8 Å². The fourth-order valence-corrected chi connectivity index (χ4v) is 2.18. The van der Waals surface area contributed by atoms with Gasteiger partial charge in [-0.05, 0) is 30.5 Å². The molecule has 1 aliphatic rings. The molecule has 1 unspecified atom stereocenters. The molecule has 15 heavy (non-hydrogen) atoms. The zero-order valence-corrected chi connectivity index (χ0v) is 9.88. The van der Waals surface area contributed by atoms with Crippen LogP contribution in [0.15, 0.2) is 18.2 Å². The largest absolute Gasteiger partial charge is 0.379 e. The van der Waals surface area contributed by atoms with E-state index in [0.29, 0.717) is 6.04 Å². The van der Waals surface area contributed by atoms with Gasteiger partial charge in [-0.2, -0.15) is 0 Å². The molecular weight excluding hydrogens is 184 g/mol. The lowest BCUT2D eigenvalue weighted by Crippen LogP contribution is -2.38. The molecule has 0 saturated carbocycles. The number of hydrogen-bond acceptors (Lipinski definition) is 2. The molecule has 1 aromatic carbocycles. The molecule has 2 nitrogen and oxygen atoms in total. The van der Waals surface area contributed by atoms with Crippen LogP contribution in [0.4, 0.5) is 11.4 Å². The summed E-state index contributed by atoms with van der Waals surface area (Å²) in [6, 6.07) is 7.33. The Kier molecular flexibility index (Phi) is 2.85. The van der Waals surface area contributed by atoms with Crippen LogP contribution in [-0.4, -0.2) is 19.6 Å². The summed E-state index contributed by atoms with van der Waals surface area (Å²) in [6.45, 7) is 5.54. The normalized spacial score (nSPS) is 19.7. The number of fused-ring (bicyclic) bond motifs is 1. The van der Waals surface area contributed by atoms with Crippen LogP contribution in [0.25, 0.3) is 0 Å². The standard InChI is InChI=1S/C13H20N2/c1-4-10-6-7-13-12(8-10)14-11(5-2)9-15(13)3/h6-8,11,14H,4-5,9H2,1-3H3. The van der Waals surface area contributed by atoms with Gasteiger partial charge in [0.15, 0.2) is 0 Å². The van der Waals surface area contributed by atoms with Crippen LogP contribution < -0.4 is 10.2 Å². The molecule has 0 amide bonds. The third-order valence-corrected chi connectivity index (χ3v) is 3.23. The summed E-state index contributed by atoms with van der Waals surface area (Å²) in [5, 5.41) is 3.61. The Hall–Kier alpha value is -1.18. The molecule has 0 fully saturated rings. The number of benzene rings is 1. The van der Waals surface area contributed by atoms with Crippen LogP contribution >= 0.6 is 0 Å². The minimum absolute atomic E-state index is 0.592. The topological polar surface area (TPSA) is 15.3 Å². The van der Waals surface area contributed by atoms with Gasteiger partial charge in [-0.15, -0.1) is 0 Å². The van der Waals surface area contributed by atoms with Gasteiger partial charge in [0, 0.05) is 19.6 Å². The first-order valence-corrected chi connectivity index (χ1v) is 5.85. The third kappa shape index (κ3) is 1.94. The summed E-state index contributed by atoms with van der Waals surface area (Å²) in [4.78, 5) is 2.35. The van der Waals surface area contributed by atoms with Gasteiger partial charge in [-0.1, -0.05) is 19.9 Å². The lowest BCUT2D eigenvalue weighted by Gasteiger charge is -2.34. The molecule has 82 valence electrons. The van der Waals surface area contributed by atoms with Crippen LogP contribution in [-0.2, 0) is 6.42 Å². The van der Waals surface area contributed by atoms with Crippen molar-refractivity contribution < 1.29 is 0 Å². The first kappa shape index (κ1) is 10.3. The molecule has 1 atom stereocenters. The molecule has 0 aromatic heterocycles.